The molecule has 3 atom stereocenters. The normalized spacial score (nSPS) is 23.6. The second-order valence-electron chi connectivity index (χ2n) is 6.92. The fraction of sp³-hybridized carbons (Fsp3) is 0.611. The molecule has 2 rings (SSSR count). The predicted octanol–water partition coefficient (Wildman–Crippen LogP) is 3.01. The molecule has 1 aliphatic heterocycles. The van der Waals surface area contributed by atoms with Gasteiger partial charge in [-0.1, -0.05) is 51.1 Å². The van der Waals surface area contributed by atoms with Gasteiger partial charge >= 0.3 is 0 Å². The molecule has 1 unspecified atom stereocenters. The van der Waals surface area contributed by atoms with Gasteiger partial charge in [-0.3, -0.25) is 4.79 Å². The quantitative estimate of drug-likeness (QED) is 0.905. The Balaban J connectivity index is 1.93. The summed E-state index contributed by atoms with van der Waals surface area (Å²) in [4.78, 5) is 14.4. The highest BCUT2D eigenvalue weighted by Crippen LogP contribution is 2.27. The molecule has 0 saturated carbocycles. The average molecular weight is 288 g/mol. The van der Waals surface area contributed by atoms with Gasteiger partial charge in [0.1, 0.15) is 0 Å². The molecule has 1 heterocycles. The lowest BCUT2D eigenvalue weighted by Gasteiger charge is -2.20. The molecule has 0 radical (unpaired) electrons. The van der Waals surface area contributed by atoms with E-state index in [2.05, 4.69) is 32.9 Å². The predicted molar refractivity (Wildman–Crippen MR) is 87.0 cm³/mol. The van der Waals surface area contributed by atoms with Crippen molar-refractivity contribution in [3.8, 4) is 0 Å². The van der Waals surface area contributed by atoms with Gasteiger partial charge in [0.2, 0.25) is 5.91 Å². The van der Waals surface area contributed by atoms with E-state index in [1.807, 2.05) is 23.1 Å². The van der Waals surface area contributed by atoms with Gasteiger partial charge in [-0.25, -0.2) is 0 Å². The van der Waals surface area contributed by atoms with Crippen molar-refractivity contribution in [1.29, 1.82) is 0 Å². The first-order valence-electron chi connectivity index (χ1n) is 8.05. The molecule has 2 N–H and O–H groups in total. The van der Waals surface area contributed by atoms with Crippen LogP contribution in [0.15, 0.2) is 30.3 Å². The number of hydrogen-bond acceptors (Lipinski definition) is 2. The van der Waals surface area contributed by atoms with Crippen LogP contribution in [-0.2, 0) is 4.79 Å². The fourth-order valence-electron chi connectivity index (χ4n) is 3.40. The Morgan fingerprint density at radius 1 is 1.24 bits per heavy atom. The fourth-order valence-corrected chi connectivity index (χ4v) is 3.40. The number of nitrogens with zero attached hydrogens (tertiary/aromatic N) is 1. The molecule has 1 fully saturated rings. The molecule has 0 bridgehead atoms. The summed E-state index contributed by atoms with van der Waals surface area (Å²) in [5.74, 6) is 1.63. The summed E-state index contributed by atoms with van der Waals surface area (Å²) in [6.45, 7) is 8.03. The summed E-state index contributed by atoms with van der Waals surface area (Å²) in [5.41, 5.74) is 7.50. The number of benzene rings is 1. The smallest absolute Gasteiger partial charge is 0.222 e. The van der Waals surface area contributed by atoms with Crippen LogP contribution in [-0.4, -0.2) is 29.9 Å². The van der Waals surface area contributed by atoms with Crippen molar-refractivity contribution in [3.63, 3.8) is 0 Å². The molecule has 21 heavy (non-hydrogen) atoms. The van der Waals surface area contributed by atoms with Crippen LogP contribution in [0, 0.1) is 11.8 Å². The zero-order valence-corrected chi connectivity index (χ0v) is 13.5. The molecule has 1 amide bonds. The summed E-state index contributed by atoms with van der Waals surface area (Å²) < 4.78 is 0. The van der Waals surface area contributed by atoms with Crippen molar-refractivity contribution in [2.24, 2.45) is 17.6 Å². The van der Waals surface area contributed by atoms with Crippen LogP contribution >= 0.6 is 0 Å². The molecular weight excluding hydrogens is 260 g/mol. The largest absolute Gasteiger partial charge is 0.340 e. The number of carbonyl (C=O) groups is 1. The lowest BCUT2D eigenvalue weighted by molar-refractivity contribution is -0.131. The third kappa shape index (κ3) is 4.31. The van der Waals surface area contributed by atoms with Gasteiger partial charge in [0.15, 0.2) is 0 Å². The Kier molecular flexibility index (Phi) is 5.40. The van der Waals surface area contributed by atoms with E-state index in [9.17, 15) is 4.79 Å². The molecule has 1 aromatic carbocycles. The molecule has 1 aromatic rings. The third-order valence-electron chi connectivity index (χ3n) is 4.34. The molecular formula is C18H28N2O. The van der Waals surface area contributed by atoms with E-state index in [1.165, 1.54) is 5.56 Å². The molecule has 0 aliphatic carbocycles. The van der Waals surface area contributed by atoms with E-state index in [-0.39, 0.29) is 17.9 Å². The van der Waals surface area contributed by atoms with Crippen LogP contribution < -0.4 is 5.73 Å². The zero-order valence-electron chi connectivity index (χ0n) is 13.5. The average Bonchev–Trinajstić information content (AvgIpc) is 2.81. The minimum absolute atomic E-state index is 0.0526. The first kappa shape index (κ1) is 16.0. The maximum Gasteiger partial charge on any atom is 0.222 e. The summed E-state index contributed by atoms with van der Waals surface area (Å²) >= 11 is 0. The molecule has 0 aromatic heterocycles. The standard InChI is InChI=1S/C18H28N2O/c1-13(2)9-14(3)10-18(21)20-11-16(17(19)12-20)15-7-5-4-6-8-15/h4-8,13-14,16-17H,9-12,19H2,1-3H3/t14?,16-,17+/m0/s1. The van der Waals surface area contributed by atoms with Crippen LogP contribution in [0.4, 0.5) is 0 Å². The van der Waals surface area contributed by atoms with Gasteiger partial charge in [0.25, 0.3) is 0 Å². The zero-order chi connectivity index (χ0) is 15.4. The Morgan fingerprint density at radius 3 is 2.52 bits per heavy atom. The van der Waals surface area contributed by atoms with Crippen LogP contribution in [0.3, 0.4) is 0 Å². The Hall–Kier alpha value is -1.35. The number of hydrogen-bond donors (Lipinski definition) is 1. The molecule has 0 spiro atoms. The van der Waals surface area contributed by atoms with Gasteiger partial charge < -0.3 is 10.6 Å². The van der Waals surface area contributed by atoms with Crippen molar-refractivity contribution in [2.75, 3.05) is 13.1 Å². The van der Waals surface area contributed by atoms with Crippen LogP contribution in [0.2, 0.25) is 0 Å². The van der Waals surface area contributed by atoms with E-state index in [0.29, 0.717) is 24.8 Å². The number of amides is 1. The number of likely N-dealkylation sites (tertiary alicyclic amines) is 1. The highest BCUT2D eigenvalue weighted by Gasteiger charge is 2.33. The van der Waals surface area contributed by atoms with Crippen LogP contribution in [0.5, 0.6) is 0 Å². The molecule has 3 heteroatoms. The minimum Gasteiger partial charge on any atom is -0.340 e. The van der Waals surface area contributed by atoms with E-state index >= 15 is 0 Å². The first-order chi connectivity index (χ1) is 9.97. The number of nitrogens with two attached hydrogens (primary N) is 1. The van der Waals surface area contributed by atoms with Crippen LogP contribution in [0.25, 0.3) is 0 Å². The van der Waals surface area contributed by atoms with Gasteiger partial charge in [-0.05, 0) is 23.8 Å². The first-order valence-corrected chi connectivity index (χ1v) is 8.05. The third-order valence-corrected chi connectivity index (χ3v) is 4.34. The van der Waals surface area contributed by atoms with Crippen molar-refractivity contribution in [1.82, 2.24) is 4.90 Å². The molecule has 3 nitrogen and oxygen atoms in total. The van der Waals surface area contributed by atoms with Crippen molar-refractivity contribution in [3.05, 3.63) is 35.9 Å². The second kappa shape index (κ2) is 7.08. The monoisotopic (exact) mass is 288 g/mol. The Morgan fingerprint density at radius 2 is 1.90 bits per heavy atom. The molecule has 1 aliphatic rings. The summed E-state index contributed by atoms with van der Waals surface area (Å²) in [6, 6.07) is 10.4. The Labute approximate surface area is 128 Å². The van der Waals surface area contributed by atoms with Gasteiger partial charge in [-0.15, -0.1) is 0 Å². The highest BCUT2D eigenvalue weighted by atomic mass is 16.2. The number of rotatable bonds is 5. The summed E-state index contributed by atoms with van der Waals surface area (Å²) in [6.07, 6.45) is 1.75. The highest BCUT2D eigenvalue weighted by molar-refractivity contribution is 5.77. The minimum atomic E-state index is 0.0526. The van der Waals surface area contributed by atoms with Crippen molar-refractivity contribution >= 4 is 5.91 Å². The maximum atomic E-state index is 12.4. The topological polar surface area (TPSA) is 46.3 Å². The number of carbonyl (C=O) groups excluding carboxylic acids is 1. The second-order valence-corrected chi connectivity index (χ2v) is 6.92. The van der Waals surface area contributed by atoms with Gasteiger partial charge in [0.05, 0.1) is 0 Å². The molecule has 116 valence electrons. The van der Waals surface area contributed by atoms with E-state index in [0.717, 1.165) is 13.0 Å². The lowest BCUT2D eigenvalue weighted by atomic mass is 9.95. The van der Waals surface area contributed by atoms with Crippen molar-refractivity contribution < 1.29 is 4.79 Å². The molecule has 1 saturated heterocycles. The lowest BCUT2D eigenvalue weighted by Crippen LogP contribution is -2.33. The summed E-state index contributed by atoms with van der Waals surface area (Å²) in [5, 5.41) is 0. The van der Waals surface area contributed by atoms with Gasteiger partial charge in [0, 0.05) is 31.5 Å². The van der Waals surface area contributed by atoms with Gasteiger partial charge in [-0.2, -0.15) is 0 Å². The maximum absolute atomic E-state index is 12.4. The van der Waals surface area contributed by atoms with Crippen molar-refractivity contribution in [2.45, 2.75) is 45.6 Å². The SMILES string of the molecule is CC(C)CC(C)CC(=O)N1C[C@@H](N)[C@H](c2ccccc2)C1. The van der Waals surface area contributed by atoms with E-state index in [1.54, 1.807) is 0 Å². The summed E-state index contributed by atoms with van der Waals surface area (Å²) in [7, 11) is 0. The van der Waals surface area contributed by atoms with E-state index < -0.39 is 0 Å². The van der Waals surface area contributed by atoms with E-state index in [4.69, 9.17) is 5.73 Å². The Bertz CT molecular complexity index is 458. The van der Waals surface area contributed by atoms with Crippen LogP contribution in [0.1, 0.15) is 45.1 Å².